The summed E-state index contributed by atoms with van der Waals surface area (Å²) in [5, 5.41) is 1.39. The Kier molecular flexibility index (Phi) is 6.25. The topological polar surface area (TPSA) is 7.76 Å². The lowest BCUT2D eigenvalue weighted by atomic mass is 9.77. The first kappa shape index (κ1) is 22.8. The number of aryl methyl sites for hydroxylation is 2. The third-order valence-electron chi connectivity index (χ3n) is 7.97. The van der Waals surface area contributed by atoms with Crippen LogP contribution in [0.3, 0.4) is 0 Å². The summed E-state index contributed by atoms with van der Waals surface area (Å²) in [7, 11) is 0. The lowest BCUT2D eigenvalue weighted by molar-refractivity contribution is -0.697. The van der Waals surface area contributed by atoms with Crippen molar-refractivity contribution in [3.8, 4) is 22.3 Å². The Bertz CT molecular complexity index is 1320. The van der Waals surface area contributed by atoms with Gasteiger partial charge in [-0.25, -0.2) is 4.57 Å². The molecule has 0 radical (unpaired) electrons. The van der Waals surface area contributed by atoms with Crippen LogP contribution in [-0.2, 0) is 18.5 Å². The molecule has 0 saturated heterocycles. The van der Waals surface area contributed by atoms with Crippen LogP contribution in [0.2, 0.25) is 0 Å². The average Bonchev–Trinajstić information content (AvgIpc) is 3.14. The molecule has 34 heavy (non-hydrogen) atoms. The minimum atomic E-state index is 0.0223. The summed E-state index contributed by atoms with van der Waals surface area (Å²) in [6.45, 7) is 11.5. The molecule has 0 amide bonds. The Morgan fingerprint density at radius 1 is 0.765 bits per heavy atom. The van der Waals surface area contributed by atoms with Crippen molar-refractivity contribution in [2.45, 2.75) is 78.3 Å². The van der Waals surface area contributed by atoms with Gasteiger partial charge in [-0.3, -0.25) is 0 Å². The Labute approximate surface area is 204 Å². The van der Waals surface area contributed by atoms with Crippen LogP contribution in [0.4, 0.5) is 0 Å². The monoisotopic (exact) mass is 450 g/mol. The number of benzene rings is 2. The molecule has 0 saturated carbocycles. The summed E-state index contributed by atoms with van der Waals surface area (Å²) < 4.78 is 4.80. The molecule has 2 aromatic carbocycles. The van der Waals surface area contributed by atoms with Crippen molar-refractivity contribution in [3.05, 3.63) is 84.3 Å². The fourth-order valence-corrected chi connectivity index (χ4v) is 5.66. The average molecular weight is 451 g/mol. The largest absolute Gasteiger partial charge is 0.213 e. The van der Waals surface area contributed by atoms with Crippen LogP contribution < -0.4 is 9.13 Å². The molecule has 0 bridgehead atoms. The van der Waals surface area contributed by atoms with Gasteiger partial charge in [0.2, 0.25) is 5.52 Å². The number of hydrogen-bond acceptors (Lipinski definition) is 0. The standard InChI is InChI=1S/C32H38N2/c1-5-8-18-33-20-16-24(17-21-33)25-14-15-26-28(22-25)32(4,7-3)29-23-34(19-9-6-2)30-13-11-10-12-27(30)31(26)29/h10-17,20-23H,5-9,18-19H2,1-4H3/q+2. The smallest absolute Gasteiger partial charge is 0.205 e. The summed E-state index contributed by atoms with van der Waals surface area (Å²) in [6, 6.07) is 20.7. The van der Waals surface area contributed by atoms with Gasteiger partial charge in [-0.15, -0.1) is 0 Å². The van der Waals surface area contributed by atoms with E-state index < -0.39 is 0 Å². The number of nitrogens with zero attached hydrogens (tertiary/aromatic N) is 2. The highest BCUT2D eigenvalue weighted by Crippen LogP contribution is 2.53. The molecule has 0 N–H and O–H groups in total. The maximum Gasteiger partial charge on any atom is 0.213 e. The van der Waals surface area contributed by atoms with E-state index in [2.05, 4.69) is 110 Å². The fourth-order valence-electron chi connectivity index (χ4n) is 5.66. The lowest BCUT2D eigenvalue weighted by Crippen LogP contribution is -2.36. The maximum absolute atomic E-state index is 2.50. The molecule has 2 heterocycles. The van der Waals surface area contributed by atoms with Gasteiger partial charge >= 0.3 is 0 Å². The van der Waals surface area contributed by atoms with E-state index in [9.17, 15) is 0 Å². The number of unbranched alkanes of at least 4 members (excludes halogenated alkanes) is 2. The van der Waals surface area contributed by atoms with Crippen molar-refractivity contribution in [1.82, 2.24) is 0 Å². The van der Waals surface area contributed by atoms with Gasteiger partial charge in [0.25, 0.3) is 0 Å². The van der Waals surface area contributed by atoms with Crippen LogP contribution in [0, 0.1) is 0 Å². The minimum Gasteiger partial charge on any atom is -0.205 e. The zero-order valence-electron chi connectivity index (χ0n) is 21.3. The summed E-state index contributed by atoms with van der Waals surface area (Å²) in [5.74, 6) is 0. The van der Waals surface area contributed by atoms with E-state index >= 15 is 0 Å². The second-order valence-corrected chi connectivity index (χ2v) is 10.1. The predicted molar refractivity (Wildman–Crippen MR) is 142 cm³/mol. The molecule has 1 unspecified atom stereocenters. The summed E-state index contributed by atoms with van der Waals surface area (Å²) in [5.41, 5.74) is 9.81. The first-order chi connectivity index (χ1) is 16.6. The first-order valence-corrected chi connectivity index (χ1v) is 13.2. The van der Waals surface area contributed by atoms with Crippen molar-refractivity contribution in [2.24, 2.45) is 0 Å². The highest BCUT2D eigenvalue weighted by molar-refractivity contribution is 5.99. The van der Waals surface area contributed by atoms with Gasteiger partial charge in [0.05, 0.1) is 5.39 Å². The Balaban J connectivity index is 1.64. The van der Waals surface area contributed by atoms with E-state index in [4.69, 9.17) is 0 Å². The number of fused-ring (bicyclic) bond motifs is 5. The van der Waals surface area contributed by atoms with Gasteiger partial charge in [0.15, 0.2) is 18.6 Å². The molecule has 4 aromatic rings. The lowest BCUT2D eigenvalue weighted by Gasteiger charge is -2.25. The van der Waals surface area contributed by atoms with E-state index in [1.807, 2.05) is 0 Å². The van der Waals surface area contributed by atoms with Gasteiger partial charge in [-0.1, -0.05) is 64.8 Å². The number of pyridine rings is 2. The van der Waals surface area contributed by atoms with Crippen LogP contribution in [-0.4, -0.2) is 0 Å². The third-order valence-corrected chi connectivity index (χ3v) is 7.97. The molecule has 2 aromatic heterocycles. The number of hydrogen-bond donors (Lipinski definition) is 0. The first-order valence-electron chi connectivity index (χ1n) is 13.2. The molecule has 2 heteroatoms. The Morgan fingerprint density at radius 3 is 2.24 bits per heavy atom. The van der Waals surface area contributed by atoms with Gasteiger partial charge < -0.3 is 0 Å². The van der Waals surface area contributed by atoms with Gasteiger partial charge in [0, 0.05) is 47.6 Å². The molecule has 1 aliphatic carbocycles. The molecule has 1 atom stereocenters. The summed E-state index contributed by atoms with van der Waals surface area (Å²) in [6.07, 6.45) is 12.9. The van der Waals surface area contributed by atoms with Crippen LogP contribution in [0.25, 0.3) is 33.2 Å². The summed E-state index contributed by atoms with van der Waals surface area (Å²) in [4.78, 5) is 0. The molecule has 0 spiro atoms. The number of para-hydroxylation sites is 1. The van der Waals surface area contributed by atoms with Gasteiger partial charge in [0.1, 0.15) is 13.1 Å². The van der Waals surface area contributed by atoms with Crippen molar-refractivity contribution in [1.29, 1.82) is 0 Å². The highest BCUT2D eigenvalue weighted by Gasteiger charge is 2.41. The van der Waals surface area contributed by atoms with E-state index in [-0.39, 0.29) is 5.41 Å². The molecule has 174 valence electrons. The van der Waals surface area contributed by atoms with E-state index in [0.29, 0.717) is 0 Å². The molecular formula is C32H38N2+2. The third kappa shape index (κ3) is 3.74. The number of rotatable bonds is 8. The van der Waals surface area contributed by atoms with Crippen LogP contribution >= 0.6 is 0 Å². The second-order valence-electron chi connectivity index (χ2n) is 10.1. The zero-order chi connectivity index (χ0) is 23.7. The van der Waals surface area contributed by atoms with Crippen LogP contribution in [0.5, 0.6) is 0 Å². The molecule has 5 rings (SSSR count). The van der Waals surface area contributed by atoms with Crippen molar-refractivity contribution in [3.63, 3.8) is 0 Å². The quantitative estimate of drug-likeness (QED) is 0.247. The van der Waals surface area contributed by atoms with Crippen molar-refractivity contribution in [2.75, 3.05) is 0 Å². The zero-order valence-corrected chi connectivity index (χ0v) is 21.3. The minimum absolute atomic E-state index is 0.0223. The fraction of sp³-hybridized carbons (Fsp3) is 0.375. The predicted octanol–water partition coefficient (Wildman–Crippen LogP) is 7.38. The maximum atomic E-state index is 2.50. The van der Waals surface area contributed by atoms with Crippen molar-refractivity contribution >= 4 is 10.9 Å². The van der Waals surface area contributed by atoms with E-state index in [1.165, 1.54) is 70.0 Å². The summed E-state index contributed by atoms with van der Waals surface area (Å²) >= 11 is 0. The van der Waals surface area contributed by atoms with Crippen molar-refractivity contribution < 1.29 is 9.13 Å². The Hall–Kier alpha value is -3.00. The van der Waals surface area contributed by atoms with Gasteiger partial charge in [-0.05, 0) is 40.8 Å². The second kappa shape index (κ2) is 9.33. The Morgan fingerprint density at radius 2 is 1.50 bits per heavy atom. The highest BCUT2D eigenvalue weighted by atomic mass is 14.9. The molecular weight excluding hydrogens is 412 g/mol. The van der Waals surface area contributed by atoms with E-state index in [0.717, 1.165) is 19.5 Å². The molecule has 0 fully saturated rings. The number of aromatic nitrogens is 2. The van der Waals surface area contributed by atoms with Crippen LogP contribution in [0.1, 0.15) is 70.9 Å². The van der Waals surface area contributed by atoms with Crippen LogP contribution in [0.15, 0.2) is 73.2 Å². The van der Waals surface area contributed by atoms with Gasteiger partial charge in [-0.2, -0.15) is 4.57 Å². The molecule has 0 aliphatic heterocycles. The molecule has 1 aliphatic rings. The normalized spacial score (nSPS) is 16.6. The molecule has 2 nitrogen and oxygen atoms in total. The van der Waals surface area contributed by atoms with E-state index in [1.54, 1.807) is 0 Å². The SMILES string of the molecule is CCCC[n+]1ccc(-c2ccc3c(c2)C(C)(CC)c2c[n+](CCCC)c4ccccc4c2-3)cc1.